The van der Waals surface area contributed by atoms with E-state index >= 15 is 0 Å². The molecule has 0 aliphatic heterocycles. The van der Waals surface area contributed by atoms with Crippen molar-refractivity contribution in [2.45, 2.75) is 58.4 Å². The molecule has 0 heterocycles. The molecule has 0 unspecified atom stereocenters. The summed E-state index contributed by atoms with van der Waals surface area (Å²) in [6.07, 6.45) is 3.05. The summed E-state index contributed by atoms with van der Waals surface area (Å²) < 4.78 is 8.42. The van der Waals surface area contributed by atoms with E-state index < -0.39 is 8.32 Å². The number of halogens is 1. The Labute approximate surface area is 116 Å². The fraction of sp³-hybridized carbons (Fsp3) is 0.692. The summed E-state index contributed by atoms with van der Waals surface area (Å²) in [5.74, 6) is 0. The molecule has 0 aromatic rings. The lowest BCUT2D eigenvalue weighted by Gasteiger charge is -2.38. The zero-order chi connectivity index (χ0) is 13.0. The quantitative estimate of drug-likeness (QED) is 0.371. The lowest BCUT2D eigenvalue weighted by molar-refractivity contribution is 0.225. The Morgan fingerprint density at radius 2 is 1.94 bits per heavy atom. The van der Waals surface area contributed by atoms with Gasteiger partial charge >= 0.3 is 0 Å². The van der Waals surface area contributed by atoms with Gasteiger partial charge in [0, 0.05) is 0 Å². The van der Waals surface area contributed by atoms with Gasteiger partial charge in [-0.05, 0) is 35.6 Å². The van der Waals surface area contributed by atoms with Gasteiger partial charge in [0.25, 0.3) is 0 Å². The van der Waals surface area contributed by atoms with Crippen LogP contribution in [0.4, 0.5) is 0 Å². The van der Waals surface area contributed by atoms with Crippen LogP contribution in [0.5, 0.6) is 0 Å². The van der Waals surface area contributed by atoms with Crippen LogP contribution in [0.2, 0.25) is 18.1 Å². The molecular formula is C13H25IOSi. The predicted octanol–water partition coefficient (Wildman–Crippen LogP) is 5.29. The second-order valence-electron chi connectivity index (χ2n) is 5.81. The topological polar surface area (TPSA) is 9.23 Å². The first kappa shape index (κ1) is 16.4. The van der Waals surface area contributed by atoms with Crippen molar-refractivity contribution in [1.82, 2.24) is 0 Å². The third-order valence-electron chi connectivity index (χ3n) is 3.22. The first-order valence-electron chi connectivity index (χ1n) is 5.70. The molecule has 0 aromatic carbocycles. The maximum absolute atomic E-state index is 6.30. The van der Waals surface area contributed by atoms with Crippen LogP contribution in [-0.2, 0) is 4.43 Å². The highest BCUT2D eigenvalue weighted by atomic mass is 127. The van der Waals surface area contributed by atoms with E-state index in [2.05, 4.69) is 74.0 Å². The Hall–Kier alpha value is 0.387. The fourth-order valence-electron chi connectivity index (χ4n) is 1.09. The maximum atomic E-state index is 6.30. The number of hydrogen-bond donors (Lipinski definition) is 0. The van der Waals surface area contributed by atoms with Crippen molar-refractivity contribution in [1.29, 1.82) is 0 Å². The summed E-state index contributed by atoms with van der Waals surface area (Å²) in [7, 11) is -1.67. The molecule has 0 rings (SSSR count). The van der Waals surface area contributed by atoms with Crippen LogP contribution in [0.1, 0.15) is 34.1 Å². The zero-order valence-corrected chi connectivity index (χ0v) is 14.6. The van der Waals surface area contributed by atoms with E-state index in [9.17, 15) is 0 Å². The standard InChI is InChI=1S/C13H25IOSi/c1-8-12(9-11(2)10-14)15-16(6,7)13(3,4)5/h8,10,12H,1,9H2,2-7H3/b11-10-/t12-/m0/s1. The molecule has 0 aliphatic carbocycles. The zero-order valence-electron chi connectivity index (χ0n) is 11.4. The van der Waals surface area contributed by atoms with Crippen LogP contribution < -0.4 is 0 Å². The Morgan fingerprint density at radius 1 is 1.44 bits per heavy atom. The summed E-state index contributed by atoms with van der Waals surface area (Å²) >= 11 is 2.28. The van der Waals surface area contributed by atoms with Gasteiger partial charge in [0.1, 0.15) is 0 Å². The van der Waals surface area contributed by atoms with Crippen molar-refractivity contribution < 1.29 is 4.43 Å². The molecule has 0 bridgehead atoms. The molecule has 3 heteroatoms. The normalized spacial score (nSPS) is 16.1. The van der Waals surface area contributed by atoms with Gasteiger partial charge in [0.2, 0.25) is 0 Å². The van der Waals surface area contributed by atoms with Crippen LogP contribution in [0, 0.1) is 0 Å². The fourth-order valence-corrected chi connectivity index (χ4v) is 2.63. The first-order valence-corrected chi connectivity index (χ1v) is 9.85. The van der Waals surface area contributed by atoms with E-state index in [1.165, 1.54) is 5.57 Å². The minimum absolute atomic E-state index is 0.159. The van der Waals surface area contributed by atoms with Crippen LogP contribution in [0.15, 0.2) is 22.3 Å². The summed E-state index contributed by atoms with van der Waals surface area (Å²) in [5, 5.41) is 0.260. The van der Waals surface area contributed by atoms with E-state index in [-0.39, 0.29) is 11.1 Å². The Morgan fingerprint density at radius 3 is 2.25 bits per heavy atom. The van der Waals surface area contributed by atoms with Gasteiger partial charge in [0.05, 0.1) is 6.10 Å². The van der Waals surface area contributed by atoms with Crippen LogP contribution in [-0.4, -0.2) is 14.4 Å². The van der Waals surface area contributed by atoms with Gasteiger partial charge in [-0.15, -0.1) is 6.58 Å². The summed E-state index contributed by atoms with van der Waals surface area (Å²) in [4.78, 5) is 0. The van der Waals surface area contributed by atoms with Gasteiger partial charge in [-0.2, -0.15) is 0 Å². The van der Waals surface area contributed by atoms with Crippen molar-refractivity contribution in [2.75, 3.05) is 0 Å². The Balaban J connectivity index is 4.61. The van der Waals surface area contributed by atoms with E-state index in [1.807, 2.05) is 6.08 Å². The molecule has 0 saturated heterocycles. The molecule has 0 amide bonds. The molecule has 1 nitrogen and oxygen atoms in total. The molecule has 0 aliphatic rings. The van der Waals surface area contributed by atoms with Crippen molar-refractivity contribution >= 4 is 30.9 Å². The molecule has 94 valence electrons. The van der Waals surface area contributed by atoms with Crippen molar-refractivity contribution in [2.24, 2.45) is 0 Å². The smallest absolute Gasteiger partial charge is 0.192 e. The molecule has 16 heavy (non-hydrogen) atoms. The lowest BCUT2D eigenvalue weighted by atomic mass is 10.1. The van der Waals surface area contributed by atoms with E-state index in [1.54, 1.807) is 0 Å². The van der Waals surface area contributed by atoms with E-state index in [4.69, 9.17) is 4.43 Å². The molecule has 0 N–H and O–H groups in total. The largest absolute Gasteiger partial charge is 0.410 e. The molecule has 1 atom stereocenters. The number of hydrogen-bond acceptors (Lipinski definition) is 1. The SMILES string of the molecule is C=C[C@@H](C/C(C)=C\I)O[Si](C)(C)C(C)(C)C. The third kappa shape index (κ3) is 5.14. The van der Waals surface area contributed by atoms with Gasteiger partial charge in [-0.25, -0.2) is 0 Å². The molecule has 0 spiro atoms. The summed E-state index contributed by atoms with van der Waals surface area (Å²) in [6.45, 7) is 17.4. The summed E-state index contributed by atoms with van der Waals surface area (Å²) in [5.41, 5.74) is 1.35. The van der Waals surface area contributed by atoms with Gasteiger partial charge in [0.15, 0.2) is 8.32 Å². The van der Waals surface area contributed by atoms with E-state index in [0.717, 1.165) is 6.42 Å². The third-order valence-corrected chi connectivity index (χ3v) is 8.79. The monoisotopic (exact) mass is 352 g/mol. The predicted molar refractivity (Wildman–Crippen MR) is 84.7 cm³/mol. The molecule has 0 saturated carbocycles. The van der Waals surface area contributed by atoms with Crippen molar-refractivity contribution in [3.63, 3.8) is 0 Å². The molecule has 0 fully saturated rings. The minimum atomic E-state index is -1.67. The average Bonchev–Trinajstić information content (AvgIpc) is 2.14. The highest BCUT2D eigenvalue weighted by Gasteiger charge is 2.38. The second kappa shape index (κ2) is 6.35. The Kier molecular flexibility index (Phi) is 6.51. The minimum Gasteiger partial charge on any atom is -0.410 e. The summed E-state index contributed by atoms with van der Waals surface area (Å²) in [6, 6.07) is 0. The highest BCUT2D eigenvalue weighted by Crippen LogP contribution is 2.38. The Bertz CT molecular complexity index is 264. The molecule has 0 radical (unpaired) electrons. The first-order chi connectivity index (χ1) is 7.14. The molecule has 0 aromatic heterocycles. The number of rotatable bonds is 5. The lowest BCUT2D eigenvalue weighted by Crippen LogP contribution is -2.43. The van der Waals surface area contributed by atoms with E-state index in [0.29, 0.717) is 0 Å². The van der Waals surface area contributed by atoms with Crippen LogP contribution in [0.25, 0.3) is 0 Å². The average molecular weight is 352 g/mol. The second-order valence-corrected chi connectivity index (χ2v) is 11.2. The van der Waals surface area contributed by atoms with Crippen LogP contribution >= 0.6 is 22.6 Å². The molecular weight excluding hydrogens is 327 g/mol. The maximum Gasteiger partial charge on any atom is 0.192 e. The van der Waals surface area contributed by atoms with Crippen molar-refractivity contribution in [3.8, 4) is 0 Å². The van der Waals surface area contributed by atoms with Gasteiger partial charge in [-0.1, -0.05) is 55.0 Å². The highest BCUT2D eigenvalue weighted by molar-refractivity contribution is 14.1. The van der Waals surface area contributed by atoms with Crippen LogP contribution in [0.3, 0.4) is 0 Å². The van der Waals surface area contributed by atoms with Crippen molar-refractivity contribution in [3.05, 3.63) is 22.3 Å². The van der Waals surface area contributed by atoms with Gasteiger partial charge < -0.3 is 4.43 Å². The van der Waals surface area contributed by atoms with Gasteiger partial charge in [-0.3, -0.25) is 0 Å².